The van der Waals surface area contributed by atoms with Crippen LogP contribution in [-0.2, 0) is 0 Å². The summed E-state index contributed by atoms with van der Waals surface area (Å²) in [7, 11) is 0. The largest absolute Gasteiger partial charge is 0.494 e. The molecule has 0 atom stereocenters. The summed E-state index contributed by atoms with van der Waals surface area (Å²) in [6.07, 6.45) is 0. The first-order valence-electron chi connectivity index (χ1n) is 5.44. The molecule has 0 bridgehead atoms. The first kappa shape index (κ1) is 15.2. The van der Waals surface area contributed by atoms with E-state index in [-0.39, 0.29) is 5.78 Å². The molecule has 19 heavy (non-hydrogen) atoms. The first-order valence-corrected chi connectivity index (χ1v) is 8.64. The fourth-order valence-electron chi connectivity index (χ4n) is 1.53. The van der Waals surface area contributed by atoms with E-state index in [0.717, 1.165) is 18.5 Å². The highest BCUT2D eigenvalue weighted by atomic mass is 79.9. The van der Waals surface area contributed by atoms with Crippen LogP contribution < -0.4 is 4.74 Å². The van der Waals surface area contributed by atoms with Gasteiger partial charge in [0.15, 0.2) is 0 Å². The number of hydrogen-bond donors (Lipinski definition) is 0. The van der Waals surface area contributed by atoms with Crippen molar-refractivity contribution in [3.05, 3.63) is 47.4 Å². The molecule has 1 aromatic carbocycles. The summed E-state index contributed by atoms with van der Waals surface area (Å²) < 4.78 is 7.94. The Morgan fingerprint density at radius 1 is 1.21 bits per heavy atom. The molecule has 0 unspecified atom stereocenters. The van der Waals surface area contributed by atoms with Gasteiger partial charge in [0.05, 0.1) is 15.3 Å². The summed E-state index contributed by atoms with van der Waals surface area (Å²) in [4.78, 5) is 13.1. The second kappa shape index (κ2) is 6.52. The molecule has 0 radical (unpaired) electrons. The van der Waals surface area contributed by atoms with Crippen molar-refractivity contribution in [2.24, 2.45) is 0 Å². The number of rotatable bonds is 4. The summed E-state index contributed by atoms with van der Waals surface area (Å²) in [5.74, 6) is 0.741. The first-order chi connectivity index (χ1) is 9.02. The maximum absolute atomic E-state index is 12.4. The van der Waals surface area contributed by atoms with E-state index in [9.17, 15) is 4.79 Å². The van der Waals surface area contributed by atoms with Gasteiger partial charge in [0.2, 0.25) is 5.78 Å². The van der Waals surface area contributed by atoms with E-state index < -0.39 is 0 Å². The number of carbonyl (C=O) groups is 1. The Hall–Kier alpha value is -0.170. The molecular formula is C13H9Br3O2S. The lowest BCUT2D eigenvalue weighted by Crippen LogP contribution is -2.00. The van der Waals surface area contributed by atoms with Crippen LogP contribution in [0, 0.1) is 0 Å². The number of hydrogen-bond acceptors (Lipinski definition) is 3. The smallest absolute Gasteiger partial charge is 0.204 e. The van der Waals surface area contributed by atoms with Gasteiger partial charge in [-0.05, 0) is 79.0 Å². The maximum atomic E-state index is 12.4. The predicted molar refractivity (Wildman–Crippen MR) is 88.5 cm³/mol. The predicted octanol–water partition coefficient (Wildman–Crippen LogP) is 5.67. The zero-order valence-electron chi connectivity index (χ0n) is 9.88. The van der Waals surface area contributed by atoms with E-state index in [0.29, 0.717) is 17.0 Å². The van der Waals surface area contributed by atoms with Crippen molar-refractivity contribution in [1.82, 2.24) is 0 Å². The van der Waals surface area contributed by atoms with Crippen LogP contribution >= 0.6 is 59.1 Å². The monoisotopic (exact) mass is 466 g/mol. The lowest BCUT2D eigenvalue weighted by molar-refractivity contribution is 0.104. The van der Waals surface area contributed by atoms with Gasteiger partial charge in [-0.2, -0.15) is 0 Å². The van der Waals surface area contributed by atoms with Crippen LogP contribution in [0.2, 0.25) is 0 Å². The van der Waals surface area contributed by atoms with Crippen molar-refractivity contribution in [3.8, 4) is 5.75 Å². The van der Waals surface area contributed by atoms with Gasteiger partial charge in [0.25, 0.3) is 0 Å². The van der Waals surface area contributed by atoms with Gasteiger partial charge in [-0.1, -0.05) is 0 Å². The van der Waals surface area contributed by atoms with E-state index in [1.54, 1.807) is 12.1 Å². The highest BCUT2D eigenvalue weighted by Gasteiger charge is 2.17. The quantitative estimate of drug-likeness (QED) is 0.541. The standard InChI is InChI=1S/C13H9Br3O2S/c1-2-18-7-3-4-8(9(14)5-7)12(17)11-6-10(15)13(16)19-11/h3-6H,2H2,1H3. The van der Waals surface area contributed by atoms with Gasteiger partial charge in [0, 0.05) is 14.5 Å². The normalized spacial score (nSPS) is 10.5. The molecule has 0 aliphatic rings. The minimum Gasteiger partial charge on any atom is -0.494 e. The van der Waals surface area contributed by atoms with Crippen LogP contribution in [0.4, 0.5) is 0 Å². The van der Waals surface area contributed by atoms with Gasteiger partial charge in [-0.15, -0.1) is 11.3 Å². The Labute approximate surface area is 140 Å². The van der Waals surface area contributed by atoms with Crippen LogP contribution in [0.5, 0.6) is 5.75 Å². The van der Waals surface area contributed by atoms with Crippen LogP contribution in [0.3, 0.4) is 0 Å². The third-order valence-corrected chi connectivity index (χ3v) is 6.28. The Morgan fingerprint density at radius 2 is 1.95 bits per heavy atom. The Kier molecular flexibility index (Phi) is 5.22. The minimum absolute atomic E-state index is 0.00803. The molecule has 6 heteroatoms. The van der Waals surface area contributed by atoms with Crippen LogP contribution in [-0.4, -0.2) is 12.4 Å². The summed E-state index contributed by atoms with van der Waals surface area (Å²) in [6, 6.07) is 7.21. The average Bonchev–Trinajstić information content (AvgIpc) is 2.69. The zero-order chi connectivity index (χ0) is 14.0. The van der Waals surface area contributed by atoms with Gasteiger partial charge >= 0.3 is 0 Å². The molecule has 100 valence electrons. The Bertz CT molecular complexity index is 603. The van der Waals surface area contributed by atoms with Crippen molar-refractivity contribution >= 4 is 64.9 Å². The number of ether oxygens (including phenoxy) is 1. The molecule has 0 aliphatic carbocycles. The lowest BCUT2D eigenvalue weighted by atomic mass is 10.1. The zero-order valence-corrected chi connectivity index (χ0v) is 15.4. The summed E-state index contributed by atoms with van der Waals surface area (Å²) >= 11 is 11.6. The molecule has 1 heterocycles. The molecular weight excluding hydrogens is 460 g/mol. The molecule has 0 spiro atoms. The van der Waals surface area contributed by atoms with E-state index in [1.165, 1.54) is 11.3 Å². The number of ketones is 1. The molecule has 1 aromatic heterocycles. The van der Waals surface area contributed by atoms with Crippen molar-refractivity contribution < 1.29 is 9.53 Å². The van der Waals surface area contributed by atoms with Crippen LogP contribution in [0.15, 0.2) is 37.0 Å². The summed E-state index contributed by atoms with van der Waals surface area (Å²) in [5, 5.41) is 0. The van der Waals surface area contributed by atoms with Crippen molar-refractivity contribution in [2.75, 3.05) is 6.61 Å². The van der Waals surface area contributed by atoms with E-state index in [1.807, 2.05) is 19.1 Å². The van der Waals surface area contributed by atoms with E-state index in [2.05, 4.69) is 47.8 Å². The Morgan fingerprint density at radius 3 is 2.47 bits per heavy atom. The topological polar surface area (TPSA) is 26.3 Å². The fraction of sp³-hybridized carbons (Fsp3) is 0.154. The molecule has 0 fully saturated rings. The Balaban J connectivity index is 2.33. The van der Waals surface area contributed by atoms with Crippen molar-refractivity contribution in [2.45, 2.75) is 6.92 Å². The molecule has 0 saturated heterocycles. The summed E-state index contributed by atoms with van der Waals surface area (Å²) in [6.45, 7) is 2.53. The van der Waals surface area contributed by atoms with Gasteiger partial charge in [0.1, 0.15) is 5.75 Å². The van der Waals surface area contributed by atoms with Crippen LogP contribution in [0.25, 0.3) is 0 Å². The molecule has 2 aromatic rings. The third-order valence-electron chi connectivity index (χ3n) is 2.37. The lowest BCUT2D eigenvalue weighted by Gasteiger charge is -2.06. The molecule has 0 saturated carbocycles. The third kappa shape index (κ3) is 3.48. The number of benzene rings is 1. The minimum atomic E-state index is -0.00803. The number of carbonyl (C=O) groups excluding carboxylic acids is 1. The SMILES string of the molecule is CCOc1ccc(C(=O)c2cc(Br)c(Br)s2)c(Br)c1. The van der Waals surface area contributed by atoms with Gasteiger partial charge < -0.3 is 4.74 Å². The highest BCUT2D eigenvalue weighted by Crippen LogP contribution is 2.35. The number of thiophene rings is 1. The molecule has 0 amide bonds. The highest BCUT2D eigenvalue weighted by molar-refractivity contribution is 9.13. The molecule has 0 aliphatic heterocycles. The molecule has 2 nitrogen and oxygen atoms in total. The van der Waals surface area contributed by atoms with Gasteiger partial charge in [-0.25, -0.2) is 0 Å². The second-order valence-electron chi connectivity index (χ2n) is 3.64. The van der Waals surface area contributed by atoms with E-state index >= 15 is 0 Å². The van der Waals surface area contributed by atoms with Crippen LogP contribution in [0.1, 0.15) is 22.2 Å². The van der Waals surface area contributed by atoms with Gasteiger partial charge in [-0.3, -0.25) is 4.79 Å². The average molecular weight is 469 g/mol. The second-order valence-corrected chi connectivity index (χ2v) is 7.71. The fourth-order valence-corrected chi connectivity index (χ4v) is 4.06. The molecule has 0 N–H and O–H groups in total. The van der Waals surface area contributed by atoms with Crippen molar-refractivity contribution in [3.63, 3.8) is 0 Å². The number of halogens is 3. The molecule has 2 rings (SSSR count). The summed E-state index contributed by atoms with van der Waals surface area (Å²) in [5.41, 5.74) is 0.629. The maximum Gasteiger partial charge on any atom is 0.204 e. The van der Waals surface area contributed by atoms with E-state index in [4.69, 9.17) is 4.74 Å². The van der Waals surface area contributed by atoms with Crippen molar-refractivity contribution in [1.29, 1.82) is 0 Å².